The summed E-state index contributed by atoms with van der Waals surface area (Å²) in [5, 5.41) is 0. The fourth-order valence-electron chi connectivity index (χ4n) is 3.60. The third-order valence-electron chi connectivity index (χ3n) is 5.18. The molecule has 3 nitrogen and oxygen atoms in total. The average Bonchev–Trinajstić information content (AvgIpc) is 2.71. The van der Waals surface area contributed by atoms with E-state index in [4.69, 9.17) is 4.74 Å². The van der Waals surface area contributed by atoms with Crippen LogP contribution in [0.3, 0.4) is 0 Å². The summed E-state index contributed by atoms with van der Waals surface area (Å²) in [5.41, 5.74) is 2.64. The zero-order valence-electron chi connectivity index (χ0n) is 16.8. The van der Waals surface area contributed by atoms with E-state index in [0.717, 1.165) is 31.7 Å². The molecule has 0 aliphatic carbocycles. The maximum absolute atomic E-state index is 5.99. The first-order chi connectivity index (χ1) is 13.3. The Kier molecular flexibility index (Phi) is 10.1. The van der Waals surface area contributed by atoms with Crippen molar-refractivity contribution in [1.82, 2.24) is 9.80 Å². The second kappa shape index (κ2) is 12.6. The molecule has 0 radical (unpaired) electrons. The van der Waals surface area contributed by atoms with E-state index >= 15 is 0 Å². The van der Waals surface area contributed by atoms with Crippen LogP contribution < -0.4 is 4.74 Å². The summed E-state index contributed by atoms with van der Waals surface area (Å²) in [4.78, 5) is 5.15. The zero-order chi connectivity index (χ0) is 18.7. The Morgan fingerprint density at radius 3 is 2.29 bits per heavy atom. The van der Waals surface area contributed by atoms with E-state index < -0.39 is 0 Å². The summed E-state index contributed by atoms with van der Waals surface area (Å²) in [7, 11) is 0. The molecule has 2 aromatic carbocycles. The van der Waals surface area contributed by atoms with Gasteiger partial charge in [0.15, 0.2) is 0 Å². The predicted molar refractivity (Wildman–Crippen MR) is 120 cm³/mol. The second-order valence-corrected chi connectivity index (χ2v) is 7.26. The minimum atomic E-state index is 0. The lowest BCUT2D eigenvalue weighted by molar-refractivity contribution is 0.124. The minimum absolute atomic E-state index is 0. The highest BCUT2D eigenvalue weighted by Gasteiger charge is 2.16. The van der Waals surface area contributed by atoms with Gasteiger partial charge in [-0.15, -0.1) is 19.0 Å². The van der Waals surface area contributed by atoms with E-state index in [1.807, 2.05) is 12.1 Å². The van der Waals surface area contributed by atoms with Gasteiger partial charge < -0.3 is 9.64 Å². The van der Waals surface area contributed by atoms with E-state index in [9.17, 15) is 0 Å². The number of hydrogen-bond donors (Lipinski definition) is 0. The van der Waals surface area contributed by atoms with Gasteiger partial charge in [0, 0.05) is 32.7 Å². The fourth-order valence-corrected chi connectivity index (χ4v) is 3.60. The monoisotopic (exact) mass is 400 g/mol. The molecular weight excluding hydrogens is 368 g/mol. The molecule has 1 fully saturated rings. The number of halogens is 1. The molecule has 0 bridgehead atoms. The van der Waals surface area contributed by atoms with Crippen molar-refractivity contribution < 1.29 is 4.74 Å². The van der Waals surface area contributed by atoms with Crippen LogP contribution in [-0.4, -0.2) is 49.1 Å². The first kappa shape index (κ1) is 22.5. The lowest BCUT2D eigenvalue weighted by Gasteiger charge is -2.34. The first-order valence-electron chi connectivity index (χ1n) is 10.2. The highest BCUT2D eigenvalue weighted by Crippen LogP contribution is 2.19. The van der Waals surface area contributed by atoms with Crippen LogP contribution in [0.4, 0.5) is 0 Å². The van der Waals surface area contributed by atoms with Crippen LogP contribution in [0.2, 0.25) is 0 Å². The minimum Gasteiger partial charge on any atom is -0.493 e. The van der Waals surface area contributed by atoms with Crippen LogP contribution in [-0.2, 0) is 13.0 Å². The van der Waals surface area contributed by atoms with Crippen LogP contribution in [0.15, 0.2) is 67.3 Å². The number of nitrogens with zero attached hydrogens (tertiary/aromatic N) is 2. The number of rotatable bonds is 10. The first-order valence-corrected chi connectivity index (χ1v) is 10.2. The zero-order valence-corrected chi connectivity index (χ0v) is 17.6. The quantitative estimate of drug-likeness (QED) is 0.420. The van der Waals surface area contributed by atoms with Crippen molar-refractivity contribution >= 4 is 12.4 Å². The second-order valence-electron chi connectivity index (χ2n) is 7.26. The van der Waals surface area contributed by atoms with E-state index in [-0.39, 0.29) is 12.4 Å². The number of para-hydroxylation sites is 1. The van der Waals surface area contributed by atoms with Gasteiger partial charge in [0.25, 0.3) is 0 Å². The van der Waals surface area contributed by atoms with Gasteiger partial charge in [0.2, 0.25) is 0 Å². The SMILES string of the molecule is C=CCc1ccccc1OCCCCN1CCN(Cc2ccccc2)CC1.Cl. The highest BCUT2D eigenvalue weighted by atomic mass is 35.5. The summed E-state index contributed by atoms with van der Waals surface area (Å²) in [6.45, 7) is 11.6. The molecule has 0 amide bonds. The van der Waals surface area contributed by atoms with E-state index in [0.29, 0.717) is 0 Å². The topological polar surface area (TPSA) is 15.7 Å². The summed E-state index contributed by atoms with van der Waals surface area (Å²) in [6, 6.07) is 19.1. The Bertz CT molecular complexity index is 684. The van der Waals surface area contributed by atoms with Gasteiger partial charge in [-0.1, -0.05) is 54.6 Å². The number of unbranched alkanes of at least 4 members (excludes halogenated alkanes) is 1. The molecule has 0 atom stereocenters. The molecule has 1 heterocycles. The molecule has 3 rings (SSSR count). The molecule has 1 aliphatic rings. The molecule has 4 heteroatoms. The van der Waals surface area contributed by atoms with Gasteiger partial charge in [-0.3, -0.25) is 4.90 Å². The molecular formula is C24H33ClN2O. The normalized spacial score (nSPS) is 15.0. The Balaban J connectivity index is 0.00000280. The average molecular weight is 401 g/mol. The van der Waals surface area contributed by atoms with Gasteiger partial charge in [0.05, 0.1) is 6.61 Å². The summed E-state index contributed by atoms with van der Waals surface area (Å²) in [6.07, 6.45) is 5.10. The van der Waals surface area contributed by atoms with Gasteiger partial charge in [-0.25, -0.2) is 0 Å². The number of ether oxygens (including phenoxy) is 1. The van der Waals surface area contributed by atoms with Gasteiger partial charge in [0.1, 0.15) is 5.75 Å². The lowest BCUT2D eigenvalue weighted by atomic mass is 10.1. The summed E-state index contributed by atoms with van der Waals surface area (Å²) in [5.74, 6) is 1.01. The van der Waals surface area contributed by atoms with E-state index in [1.165, 1.54) is 50.3 Å². The number of hydrogen-bond acceptors (Lipinski definition) is 3. The van der Waals surface area contributed by atoms with E-state index in [1.54, 1.807) is 0 Å². The molecule has 0 aromatic heterocycles. The Morgan fingerprint density at radius 2 is 1.54 bits per heavy atom. The van der Waals surface area contributed by atoms with E-state index in [2.05, 4.69) is 64.9 Å². The molecule has 1 aliphatic heterocycles. The Morgan fingerprint density at radius 1 is 0.857 bits per heavy atom. The van der Waals surface area contributed by atoms with Crippen LogP contribution in [0, 0.1) is 0 Å². The van der Waals surface area contributed by atoms with Gasteiger partial charge in [-0.2, -0.15) is 0 Å². The summed E-state index contributed by atoms with van der Waals surface area (Å²) < 4.78 is 5.99. The molecule has 0 saturated carbocycles. The standard InChI is InChI=1S/C24H32N2O.ClH/c1-2-10-23-13-6-7-14-24(23)27-20-9-8-15-25-16-18-26(19-17-25)21-22-11-4-3-5-12-22;/h2-7,11-14H,1,8-10,15-21H2;1H. The third kappa shape index (κ3) is 7.31. The van der Waals surface area contributed by atoms with Crippen molar-refractivity contribution in [3.63, 3.8) is 0 Å². The van der Waals surface area contributed by atoms with Crippen molar-refractivity contribution in [2.24, 2.45) is 0 Å². The van der Waals surface area contributed by atoms with Crippen molar-refractivity contribution in [1.29, 1.82) is 0 Å². The number of allylic oxidation sites excluding steroid dienone is 1. The van der Waals surface area contributed by atoms with Crippen molar-refractivity contribution in [2.75, 3.05) is 39.3 Å². The van der Waals surface area contributed by atoms with Crippen LogP contribution >= 0.6 is 12.4 Å². The largest absolute Gasteiger partial charge is 0.493 e. The molecule has 0 unspecified atom stereocenters. The van der Waals surface area contributed by atoms with Crippen LogP contribution in [0.5, 0.6) is 5.75 Å². The van der Waals surface area contributed by atoms with Crippen LogP contribution in [0.1, 0.15) is 24.0 Å². The third-order valence-corrected chi connectivity index (χ3v) is 5.18. The van der Waals surface area contributed by atoms with Crippen molar-refractivity contribution in [3.8, 4) is 5.75 Å². The van der Waals surface area contributed by atoms with Crippen molar-refractivity contribution in [2.45, 2.75) is 25.8 Å². The molecule has 0 N–H and O–H groups in total. The number of benzene rings is 2. The molecule has 28 heavy (non-hydrogen) atoms. The fraction of sp³-hybridized carbons (Fsp3) is 0.417. The molecule has 152 valence electrons. The molecule has 0 spiro atoms. The Labute approximate surface area is 176 Å². The Hall–Kier alpha value is -1.81. The van der Waals surface area contributed by atoms with Crippen LogP contribution in [0.25, 0.3) is 0 Å². The maximum atomic E-state index is 5.99. The van der Waals surface area contributed by atoms with Gasteiger partial charge >= 0.3 is 0 Å². The molecule has 2 aromatic rings. The number of piperazine rings is 1. The highest BCUT2D eigenvalue weighted by molar-refractivity contribution is 5.85. The maximum Gasteiger partial charge on any atom is 0.122 e. The van der Waals surface area contributed by atoms with Crippen molar-refractivity contribution in [3.05, 3.63) is 78.4 Å². The molecule has 1 saturated heterocycles. The lowest BCUT2D eigenvalue weighted by Crippen LogP contribution is -2.46. The van der Waals surface area contributed by atoms with Gasteiger partial charge in [-0.05, 0) is 43.0 Å². The summed E-state index contributed by atoms with van der Waals surface area (Å²) >= 11 is 0. The smallest absolute Gasteiger partial charge is 0.122 e. The predicted octanol–water partition coefficient (Wildman–Crippen LogP) is 4.81.